The fourth-order valence-electron chi connectivity index (χ4n) is 2.77. The van der Waals surface area contributed by atoms with Crippen LogP contribution in [-0.2, 0) is 13.0 Å². The first-order chi connectivity index (χ1) is 12.8. The van der Waals surface area contributed by atoms with Crippen molar-refractivity contribution in [3.8, 4) is 17.2 Å². The zero-order chi connectivity index (χ0) is 18.2. The fourth-order valence-corrected chi connectivity index (χ4v) is 2.77. The van der Waals surface area contributed by atoms with E-state index in [1.807, 2.05) is 37.3 Å². The molecule has 0 amide bonds. The summed E-state index contributed by atoms with van der Waals surface area (Å²) in [5.41, 5.74) is 2.30. The van der Waals surface area contributed by atoms with E-state index in [9.17, 15) is 0 Å². The smallest absolute Gasteiger partial charge is 0.231 e. The Morgan fingerprint density at radius 1 is 1.12 bits per heavy atom. The van der Waals surface area contributed by atoms with E-state index in [0.717, 1.165) is 41.7 Å². The van der Waals surface area contributed by atoms with Crippen molar-refractivity contribution in [3.05, 3.63) is 53.6 Å². The number of nitrogens with one attached hydrogen (secondary N) is 2. The van der Waals surface area contributed by atoms with Crippen LogP contribution < -0.4 is 24.8 Å². The monoisotopic (exact) mass is 355 g/mol. The Morgan fingerprint density at radius 3 is 2.81 bits per heavy atom. The van der Waals surface area contributed by atoms with E-state index >= 15 is 0 Å². The third-order valence-electron chi connectivity index (χ3n) is 4.09. The first-order valence-corrected chi connectivity index (χ1v) is 8.84. The second kappa shape index (κ2) is 8.99. The molecule has 26 heavy (non-hydrogen) atoms. The molecule has 2 aromatic carbocycles. The van der Waals surface area contributed by atoms with Gasteiger partial charge in [0, 0.05) is 25.7 Å². The zero-order valence-electron chi connectivity index (χ0n) is 15.2. The van der Waals surface area contributed by atoms with Crippen LogP contribution in [0, 0.1) is 0 Å². The Hall–Kier alpha value is -2.89. The first-order valence-electron chi connectivity index (χ1n) is 8.84. The van der Waals surface area contributed by atoms with Gasteiger partial charge in [0.05, 0.1) is 6.61 Å². The van der Waals surface area contributed by atoms with Crippen LogP contribution >= 0.6 is 0 Å². The van der Waals surface area contributed by atoms with Gasteiger partial charge in [0.15, 0.2) is 17.5 Å². The molecule has 0 bridgehead atoms. The van der Waals surface area contributed by atoms with Crippen molar-refractivity contribution in [2.75, 3.05) is 27.0 Å². The molecule has 1 aliphatic rings. The normalized spacial score (nSPS) is 12.8. The molecule has 0 unspecified atom stereocenters. The Bertz CT molecular complexity index is 762. The highest BCUT2D eigenvalue weighted by atomic mass is 16.7. The summed E-state index contributed by atoms with van der Waals surface area (Å²) in [7, 11) is 1.77. The molecule has 0 fully saturated rings. The van der Waals surface area contributed by atoms with Gasteiger partial charge in [0.2, 0.25) is 6.79 Å². The molecule has 0 atom stereocenters. The van der Waals surface area contributed by atoms with Crippen molar-refractivity contribution in [1.82, 2.24) is 10.6 Å². The van der Waals surface area contributed by atoms with Crippen LogP contribution in [0.15, 0.2) is 47.5 Å². The van der Waals surface area contributed by atoms with Gasteiger partial charge >= 0.3 is 0 Å². The number of hydrogen-bond donors (Lipinski definition) is 2. The molecular formula is C20H25N3O3. The van der Waals surface area contributed by atoms with E-state index in [2.05, 4.69) is 27.8 Å². The number of guanidine groups is 1. The molecule has 0 saturated heterocycles. The molecular weight excluding hydrogens is 330 g/mol. The van der Waals surface area contributed by atoms with Gasteiger partial charge in [-0.1, -0.05) is 24.3 Å². The van der Waals surface area contributed by atoms with Crippen molar-refractivity contribution in [2.24, 2.45) is 4.99 Å². The quantitative estimate of drug-likeness (QED) is 0.591. The van der Waals surface area contributed by atoms with Crippen molar-refractivity contribution in [1.29, 1.82) is 0 Å². The second-order valence-electron chi connectivity index (χ2n) is 5.83. The number of hydrogen-bond acceptors (Lipinski definition) is 4. The van der Waals surface area contributed by atoms with Gasteiger partial charge in [0.1, 0.15) is 5.75 Å². The zero-order valence-corrected chi connectivity index (χ0v) is 15.2. The molecule has 2 N–H and O–H groups in total. The lowest BCUT2D eigenvalue weighted by atomic mass is 10.1. The van der Waals surface area contributed by atoms with E-state index in [-0.39, 0.29) is 0 Å². The number of para-hydroxylation sites is 1. The summed E-state index contributed by atoms with van der Waals surface area (Å²) in [5.74, 6) is 3.29. The predicted octanol–water partition coefficient (Wildman–Crippen LogP) is 2.72. The van der Waals surface area contributed by atoms with Crippen molar-refractivity contribution in [3.63, 3.8) is 0 Å². The highest BCUT2D eigenvalue weighted by molar-refractivity contribution is 5.79. The van der Waals surface area contributed by atoms with Crippen LogP contribution in [0.1, 0.15) is 18.1 Å². The summed E-state index contributed by atoms with van der Waals surface area (Å²) in [6, 6.07) is 14.1. The molecule has 6 nitrogen and oxygen atoms in total. The predicted molar refractivity (Wildman–Crippen MR) is 102 cm³/mol. The maximum atomic E-state index is 5.66. The average molecular weight is 355 g/mol. The van der Waals surface area contributed by atoms with Crippen LogP contribution in [0.4, 0.5) is 0 Å². The summed E-state index contributed by atoms with van der Waals surface area (Å²) in [6.45, 7) is 4.36. The van der Waals surface area contributed by atoms with Gasteiger partial charge in [-0.2, -0.15) is 0 Å². The lowest BCUT2D eigenvalue weighted by molar-refractivity contribution is 0.174. The third-order valence-corrected chi connectivity index (χ3v) is 4.09. The van der Waals surface area contributed by atoms with E-state index in [1.165, 1.54) is 5.56 Å². The summed E-state index contributed by atoms with van der Waals surface area (Å²) in [4.78, 5) is 4.28. The number of benzene rings is 2. The molecule has 1 heterocycles. The lowest BCUT2D eigenvalue weighted by Gasteiger charge is -2.14. The topological polar surface area (TPSA) is 64.1 Å². The highest BCUT2D eigenvalue weighted by Crippen LogP contribution is 2.32. The fraction of sp³-hybridized carbons (Fsp3) is 0.350. The number of nitrogens with zero attached hydrogens (tertiary/aromatic N) is 1. The van der Waals surface area contributed by atoms with E-state index in [0.29, 0.717) is 19.9 Å². The molecule has 0 aliphatic carbocycles. The summed E-state index contributed by atoms with van der Waals surface area (Å²) >= 11 is 0. The van der Waals surface area contributed by atoms with Crippen LogP contribution in [0.3, 0.4) is 0 Å². The lowest BCUT2D eigenvalue weighted by Crippen LogP contribution is -2.37. The van der Waals surface area contributed by atoms with Gasteiger partial charge in [0.25, 0.3) is 0 Å². The summed E-state index contributed by atoms with van der Waals surface area (Å²) in [6.07, 6.45) is 0.868. The second-order valence-corrected chi connectivity index (χ2v) is 5.83. The van der Waals surface area contributed by atoms with Gasteiger partial charge < -0.3 is 24.8 Å². The van der Waals surface area contributed by atoms with E-state index < -0.39 is 0 Å². The third kappa shape index (κ3) is 4.59. The molecule has 2 aromatic rings. The molecule has 1 aliphatic heterocycles. The molecule has 0 aromatic heterocycles. The average Bonchev–Trinajstić information content (AvgIpc) is 3.13. The molecule has 0 spiro atoms. The minimum atomic E-state index is 0.302. The van der Waals surface area contributed by atoms with Gasteiger partial charge in [-0.3, -0.25) is 4.99 Å². The summed E-state index contributed by atoms with van der Waals surface area (Å²) in [5, 5.41) is 6.66. The Balaban J connectivity index is 1.48. The minimum absolute atomic E-state index is 0.302. The van der Waals surface area contributed by atoms with Crippen LogP contribution in [0.25, 0.3) is 0 Å². The van der Waals surface area contributed by atoms with Gasteiger partial charge in [-0.15, -0.1) is 0 Å². The molecule has 138 valence electrons. The van der Waals surface area contributed by atoms with Gasteiger partial charge in [-0.25, -0.2) is 0 Å². The van der Waals surface area contributed by atoms with Gasteiger partial charge in [-0.05, 0) is 37.1 Å². The maximum Gasteiger partial charge on any atom is 0.231 e. The van der Waals surface area contributed by atoms with E-state index in [1.54, 1.807) is 7.05 Å². The Labute approximate surface area is 154 Å². The number of aliphatic imine (C=N–C) groups is 1. The van der Waals surface area contributed by atoms with Crippen molar-refractivity contribution in [2.45, 2.75) is 19.9 Å². The Kier molecular flexibility index (Phi) is 6.19. The van der Waals surface area contributed by atoms with E-state index in [4.69, 9.17) is 14.2 Å². The van der Waals surface area contributed by atoms with Crippen LogP contribution in [0.2, 0.25) is 0 Å². The Morgan fingerprint density at radius 2 is 1.96 bits per heavy atom. The number of ether oxygens (including phenoxy) is 3. The van der Waals surface area contributed by atoms with Crippen LogP contribution in [-0.4, -0.2) is 33.0 Å². The highest BCUT2D eigenvalue weighted by Gasteiger charge is 2.13. The van der Waals surface area contributed by atoms with Crippen molar-refractivity contribution >= 4 is 5.96 Å². The first kappa shape index (κ1) is 17.9. The van der Waals surface area contributed by atoms with Crippen molar-refractivity contribution < 1.29 is 14.2 Å². The molecule has 3 rings (SSSR count). The maximum absolute atomic E-state index is 5.66. The minimum Gasteiger partial charge on any atom is -0.494 e. The molecule has 0 radical (unpaired) electrons. The molecule has 0 saturated carbocycles. The summed E-state index contributed by atoms with van der Waals surface area (Å²) < 4.78 is 16.4. The van der Waals surface area contributed by atoms with Crippen LogP contribution in [0.5, 0.6) is 17.2 Å². The standard InChI is InChI=1S/C20H25N3O3/c1-3-24-17-7-5-4-6-16(17)13-23-20(21-2)22-11-10-15-8-9-18-19(12-15)26-14-25-18/h4-9,12H,3,10-11,13-14H2,1-2H3,(H2,21,22,23). The number of rotatable bonds is 7. The number of fused-ring (bicyclic) bond motifs is 1. The molecule has 6 heteroatoms. The SMILES string of the molecule is CCOc1ccccc1CNC(=NC)NCCc1ccc2c(c1)OCO2. The largest absolute Gasteiger partial charge is 0.494 e.